The molecule has 1 N–H and O–H groups in total. The zero-order valence-electron chi connectivity index (χ0n) is 13.4. The van der Waals surface area contributed by atoms with Gasteiger partial charge in [0.25, 0.3) is 0 Å². The second-order valence-electron chi connectivity index (χ2n) is 7.22. The van der Waals surface area contributed by atoms with Crippen LogP contribution < -0.4 is 5.32 Å². The molecule has 120 valence electrons. The minimum atomic E-state index is 0.0641. The van der Waals surface area contributed by atoms with Crippen LogP contribution in [0.4, 0.5) is 0 Å². The van der Waals surface area contributed by atoms with Gasteiger partial charge in [-0.3, -0.25) is 4.79 Å². The van der Waals surface area contributed by atoms with E-state index in [1.54, 1.807) is 0 Å². The average molecular weight is 294 g/mol. The number of piperidine rings is 1. The molecule has 0 radical (unpaired) electrons. The van der Waals surface area contributed by atoms with Gasteiger partial charge in [0.2, 0.25) is 5.91 Å². The van der Waals surface area contributed by atoms with Crippen LogP contribution in [0.3, 0.4) is 0 Å². The smallest absolute Gasteiger partial charge is 0.239 e. The van der Waals surface area contributed by atoms with Crippen LogP contribution in [0.1, 0.15) is 51.4 Å². The van der Waals surface area contributed by atoms with Crippen LogP contribution in [0.15, 0.2) is 0 Å². The van der Waals surface area contributed by atoms with Gasteiger partial charge in [0, 0.05) is 32.8 Å². The third kappa shape index (κ3) is 3.78. The van der Waals surface area contributed by atoms with Crippen LogP contribution >= 0.6 is 0 Å². The van der Waals surface area contributed by atoms with E-state index in [4.69, 9.17) is 4.74 Å². The molecule has 3 aliphatic rings. The fourth-order valence-electron chi connectivity index (χ4n) is 4.36. The number of ether oxygens (including phenoxy) is 1. The van der Waals surface area contributed by atoms with E-state index >= 15 is 0 Å². The maximum atomic E-state index is 12.7. The summed E-state index contributed by atoms with van der Waals surface area (Å²) in [7, 11) is 1.98. The fourth-order valence-corrected chi connectivity index (χ4v) is 4.36. The largest absolute Gasteiger partial charge is 0.381 e. The summed E-state index contributed by atoms with van der Waals surface area (Å²) in [5, 5.41) is 3.66. The van der Waals surface area contributed by atoms with E-state index in [-0.39, 0.29) is 6.04 Å². The lowest BCUT2D eigenvalue weighted by molar-refractivity contribution is -0.134. The first kappa shape index (κ1) is 15.3. The minimum Gasteiger partial charge on any atom is -0.381 e. The quantitative estimate of drug-likeness (QED) is 0.867. The third-order valence-electron chi connectivity index (χ3n) is 5.70. The van der Waals surface area contributed by atoms with Crippen molar-refractivity contribution in [2.45, 2.75) is 63.5 Å². The maximum absolute atomic E-state index is 12.7. The molecule has 0 bridgehead atoms. The SMILES string of the molecule is CN(CC1CCOCC1)C(=O)C1CCC2CCCCC2N1. The Morgan fingerprint density at radius 3 is 2.67 bits per heavy atom. The Morgan fingerprint density at radius 1 is 1.10 bits per heavy atom. The summed E-state index contributed by atoms with van der Waals surface area (Å²) >= 11 is 0. The van der Waals surface area contributed by atoms with E-state index < -0.39 is 0 Å². The molecule has 3 unspecified atom stereocenters. The van der Waals surface area contributed by atoms with Crippen LogP contribution in [-0.4, -0.2) is 49.7 Å². The number of fused-ring (bicyclic) bond motifs is 1. The van der Waals surface area contributed by atoms with Crippen molar-refractivity contribution in [2.75, 3.05) is 26.8 Å². The van der Waals surface area contributed by atoms with Gasteiger partial charge < -0.3 is 15.0 Å². The molecule has 1 amide bonds. The molecule has 2 heterocycles. The molecule has 0 spiro atoms. The molecule has 2 saturated heterocycles. The maximum Gasteiger partial charge on any atom is 0.239 e. The Hall–Kier alpha value is -0.610. The summed E-state index contributed by atoms with van der Waals surface area (Å²) < 4.78 is 5.40. The molecule has 3 atom stereocenters. The number of hydrogen-bond donors (Lipinski definition) is 1. The second kappa shape index (κ2) is 7.10. The first-order chi connectivity index (χ1) is 10.2. The first-order valence-electron chi connectivity index (χ1n) is 8.83. The number of nitrogens with one attached hydrogen (secondary N) is 1. The highest BCUT2D eigenvalue weighted by molar-refractivity contribution is 5.81. The number of carbonyl (C=O) groups excluding carboxylic acids is 1. The van der Waals surface area contributed by atoms with Gasteiger partial charge in [-0.15, -0.1) is 0 Å². The average Bonchev–Trinajstić information content (AvgIpc) is 2.54. The van der Waals surface area contributed by atoms with E-state index in [9.17, 15) is 4.79 Å². The molecular weight excluding hydrogens is 264 g/mol. The van der Waals surface area contributed by atoms with Crippen LogP contribution in [0.5, 0.6) is 0 Å². The highest BCUT2D eigenvalue weighted by atomic mass is 16.5. The summed E-state index contributed by atoms with van der Waals surface area (Å²) in [5.41, 5.74) is 0. The Bertz CT molecular complexity index is 355. The van der Waals surface area contributed by atoms with Gasteiger partial charge in [0.1, 0.15) is 0 Å². The Kier molecular flexibility index (Phi) is 5.17. The lowest BCUT2D eigenvalue weighted by atomic mass is 9.77. The fraction of sp³-hybridized carbons (Fsp3) is 0.941. The lowest BCUT2D eigenvalue weighted by Crippen LogP contribution is -2.55. The molecule has 3 fully saturated rings. The number of carbonyl (C=O) groups is 1. The molecule has 0 aromatic rings. The van der Waals surface area contributed by atoms with Gasteiger partial charge in [-0.05, 0) is 50.4 Å². The topological polar surface area (TPSA) is 41.6 Å². The van der Waals surface area contributed by atoms with Gasteiger partial charge in [-0.25, -0.2) is 0 Å². The van der Waals surface area contributed by atoms with E-state index in [0.29, 0.717) is 17.9 Å². The highest BCUT2D eigenvalue weighted by Gasteiger charge is 2.35. The molecule has 4 nitrogen and oxygen atoms in total. The Labute approximate surface area is 128 Å². The van der Waals surface area contributed by atoms with E-state index in [1.165, 1.54) is 32.1 Å². The standard InChI is InChI=1S/C17H30N2O2/c1-19(12-13-8-10-21-11-9-13)17(20)16-7-6-14-4-2-3-5-15(14)18-16/h13-16,18H,2-12H2,1H3. The first-order valence-corrected chi connectivity index (χ1v) is 8.83. The van der Waals surface area contributed by atoms with Gasteiger partial charge in [-0.2, -0.15) is 0 Å². The molecule has 21 heavy (non-hydrogen) atoms. The number of likely N-dealkylation sites (N-methyl/N-ethyl adjacent to an activating group) is 1. The Balaban J connectivity index is 1.49. The number of rotatable bonds is 3. The summed E-state index contributed by atoms with van der Waals surface area (Å²) in [5.74, 6) is 1.76. The highest BCUT2D eigenvalue weighted by Crippen LogP contribution is 2.32. The molecule has 1 saturated carbocycles. The lowest BCUT2D eigenvalue weighted by Gasteiger charge is -2.41. The summed E-state index contributed by atoms with van der Waals surface area (Å²) in [4.78, 5) is 14.6. The van der Waals surface area contributed by atoms with Crippen LogP contribution in [0.2, 0.25) is 0 Å². The van der Waals surface area contributed by atoms with Crippen molar-refractivity contribution < 1.29 is 9.53 Å². The number of hydrogen-bond acceptors (Lipinski definition) is 3. The van der Waals surface area contributed by atoms with Crippen molar-refractivity contribution in [1.82, 2.24) is 10.2 Å². The van der Waals surface area contributed by atoms with E-state index in [0.717, 1.165) is 44.9 Å². The van der Waals surface area contributed by atoms with Crippen molar-refractivity contribution in [3.63, 3.8) is 0 Å². The monoisotopic (exact) mass is 294 g/mol. The minimum absolute atomic E-state index is 0.0641. The zero-order chi connectivity index (χ0) is 14.7. The summed E-state index contributed by atoms with van der Waals surface area (Å²) in [6.07, 6.45) is 9.78. The zero-order valence-corrected chi connectivity index (χ0v) is 13.4. The molecule has 2 aliphatic heterocycles. The van der Waals surface area contributed by atoms with Crippen molar-refractivity contribution in [1.29, 1.82) is 0 Å². The van der Waals surface area contributed by atoms with Crippen molar-refractivity contribution in [3.05, 3.63) is 0 Å². The van der Waals surface area contributed by atoms with Crippen molar-refractivity contribution >= 4 is 5.91 Å². The molecule has 0 aromatic heterocycles. The molecule has 0 aromatic carbocycles. The van der Waals surface area contributed by atoms with Gasteiger partial charge in [-0.1, -0.05) is 12.8 Å². The summed E-state index contributed by atoms with van der Waals surface area (Å²) in [6.45, 7) is 2.62. The van der Waals surface area contributed by atoms with Crippen molar-refractivity contribution in [2.24, 2.45) is 11.8 Å². The second-order valence-corrected chi connectivity index (χ2v) is 7.22. The van der Waals surface area contributed by atoms with E-state index in [1.807, 2.05) is 11.9 Å². The van der Waals surface area contributed by atoms with Gasteiger partial charge in [0.05, 0.1) is 6.04 Å². The molecule has 1 aliphatic carbocycles. The van der Waals surface area contributed by atoms with Crippen LogP contribution in [0, 0.1) is 11.8 Å². The molecule has 4 heteroatoms. The number of nitrogens with zero attached hydrogens (tertiary/aromatic N) is 1. The normalized spacial score (nSPS) is 34.2. The predicted octanol–water partition coefficient (Wildman–Crippen LogP) is 2.18. The van der Waals surface area contributed by atoms with Gasteiger partial charge >= 0.3 is 0 Å². The predicted molar refractivity (Wildman–Crippen MR) is 83.1 cm³/mol. The Morgan fingerprint density at radius 2 is 1.86 bits per heavy atom. The summed E-state index contributed by atoms with van der Waals surface area (Å²) in [6, 6.07) is 0.659. The molecular formula is C17H30N2O2. The molecule has 3 rings (SSSR count). The van der Waals surface area contributed by atoms with Crippen molar-refractivity contribution in [3.8, 4) is 0 Å². The van der Waals surface area contributed by atoms with Crippen LogP contribution in [0.25, 0.3) is 0 Å². The van der Waals surface area contributed by atoms with Crippen LogP contribution in [-0.2, 0) is 9.53 Å². The van der Waals surface area contributed by atoms with Gasteiger partial charge in [0.15, 0.2) is 0 Å². The number of amides is 1. The third-order valence-corrected chi connectivity index (χ3v) is 5.70. The van der Waals surface area contributed by atoms with E-state index in [2.05, 4.69) is 5.32 Å².